The minimum Gasteiger partial charge on any atom is -0.197 e. The third-order valence-corrected chi connectivity index (χ3v) is 2.36. The highest BCUT2D eigenvalue weighted by atomic mass is 16.3. The third-order valence-electron chi connectivity index (χ3n) is 2.36. The van der Waals surface area contributed by atoms with Crippen molar-refractivity contribution in [2.45, 2.75) is 20.0 Å². The largest absolute Gasteiger partial charge is 0.212 e. The van der Waals surface area contributed by atoms with Gasteiger partial charge < -0.3 is 0 Å². The number of tetrazole rings is 1. The number of aromatic nitrogens is 4. The number of rotatable bonds is 3. The van der Waals surface area contributed by atoms with E-state index in [1.54, 1.807) is 6.92 Å². The molecule has 0 radical (unpaired) electrons. The predicted octanol–water partition coefficient (Wildman–Crippen LogP) is 1.60. The van der Waals surface area contributed by atoms with Crippen molar-refractivity contribution in [1.29, 1.82) is 0 Å². The second kappa shape index (κ2) is 4.18. The number of nitrogens with zero attached hydrogens (tertiary/aromatic N) is 5. The lowest BCUT2D eigenvalue weighted by Gasteiger charge is -2.09. The average Bonchev–Trinajstić information content (AvgIpc) is 2.69. The van der Waals surface area contributed by atoms with E-state index in [4.69, 9.17) is 0 Å². The summed E-state index contributed by atoms with van der Waals surface area (Å²) in [6.07, 6.45) is -0.699. The van der Waals surface area contributed by atoms with Gasteiger partial charge in [-0.1, -0.05) is 29.8 Å². The molecule has 0 saturated heterocycles. The fraction of sp³-hybridized carbons (Fsp3) is 0.300. The van der Waals surface area contributed by atoms with Gasteiger partial charge in [-0.05, 0) is 29.5 Å². The number of hydrogen-bond donors (Lipinski definition) is 0. The summed E-state index contributed by atoms with van der Waals surface area (Å²) in [5.41, 5.74) is 1.90. The molecule has 0 fully saturated rings. The number of nitroso groups, excluding NO2 is 1. The molecule has 0 aliphatic heterocycles. The van der Waals surface area contributed by atoms with E-state index in [2.05, 4.69) is 20.7 Å². The van der Waals surface area contributed by atoms with Gasteiger partial charge >= 0.3 is 0 Å². The monoisotopic (exact) mass is 217 g/mol. The maximum atomic E-state index is 10.9. The average molecular weight is 217 g/mol. The molecular weight excluding hydrogens is 206 g/mol. The van der Waals surface area contributed by atoms with Crippen LogP contribution in [-0.4, -0.2) is 20.2 Å². The van der Waals surface area contributed by atoms with E-state index in [1.165, 1.54) is 4.68 Å². The Bertz CT molecular complexity index is 490. The summed E-state index contributed by atoms with van der Waals surface area (Å²) in [7, 11) is 0. The first-order valence-electron chi connectivity index (χ1n) is 4.86. The quantitative estimate of drug-likeness (QED) is 0.732. The lowest BCUT2D eigenvalue weighted by molar-refractivity contribution is 0.510. The highest BCUT2D eigenvalue weighted by Crippen LogP contribution is 2.19. The first kappa shape index (κ1) is 10.4. The van der Waals surface area contributed by atoms with Crippen molar-refractivity contribution in [3.05, 3.63) is 46.1 Å². The molecule has 1 atom stereocenters. The van der Waals surface area contributed by atoms with Gasteiger partial charge in [0.25, 0.3) is 0 Å². The Hall–Kier alpha value is -2.11. The summed E-state index contributed by atoms with van der Waals surface area (Å²) in [5.74, 6) is 0.560. The van der Waals surface area contributed by atoms with E-state index < -0.39 is 6.17 Å². The van der Waals surface area contributed by atoms with Crippen LogP contribution in [0.4, 0.5) is 0 Å². The Morgan fingerprint density at radius 2 is 1.94 bits per heavy atom. The highest BCUT2D eigenvalue weighted by molar-refractivity contribution is 5.24. The zero-order valence-electron chi connectivity index (χ0n) is 9.03. The number of aryl methyl sites for hydroxylation is 2. The van der Waals surface area contributed by atoms with Gasteiger partial charge in [0.05, 0.1) is 0 Å². The Morgan fingerprint density at radius 3 is 2.44 bits per heavy atom. The van der Waals surface area contributed by atoms with Gasteiger partial charge in [0.1, 0.15) is 0 Å². The summed E-state index contributed by atoms with van der Waals surface area (Å²) in [6.45, 7) is 3.71. The van der Waals surface area contributed by atoms with Crippen LogP contribution in [-0.2, 0) is 0 Å². The zero-order valence-corrected chi connectivity index (χ0v) is 9.03. The normalized spacial score (nSPS) is 12.4. The van der Waals surface area contributed by atoms with Gasteiger partial charge in [-0.15, -0.1) is 10.0 Å². The van der Waals surface area contributed by atoms with Gasteiger partial charge in [-0.3, -0.25) is 0 Å². The van der Waals surface area contributed by atoms with E-state index in [0.717, 1.165) is 11.1 Å². The molecular formula is C10H11N5O. The molecule has 6 heteroatoms. The zero-order chi connectivity index (χ0) is 11.5. The molecule has 0 aliphatic rings. The van der Waals surface area contributed by atoms with Crippen molar-refractivity contribution in [3.8, 4) is 0 Å². The molecule has 0 saturated carbocycles. The van der Waals surface area contributed by atoms with Crippen molar-refractivity contribution in [1.82, 2.24) is 20.2 Å². The van der Waals surface area contributed by atoms with Crippen LogP contribution in [0, 0.1) is 18.8 Å². The van der Waals surface area contributed by atoms with Crippen LogP contribution in [0.5, 0.6) is 0 Å². The molecule has 1 aromatic carbocycles. The highest BCUT2D eigenvalue weighted by Gasteiger charge is 2.17. The van der Waals surface area contributed by atoms with Gasteiger partial charge in [-0.2, -0.15) is 4.68 Å². The Morgan fingerprint density at radius 1 is 1.25 bits per heavy atom. The summed E-state index contributed by atoms with van der Waals surface area (Å²) in [4.78, 5) is 10.9. The Labute approximate surface area is 92.3 Å². The summed E-state index contributed by atoms with van der Waals surface area (Å²) in [5, 5.41) is 14.0. The van der Waals surface area contributed by atoms with Gasteiger partial charge in [0.2, 0.25) is 6.17 Å². The molecule has 0 aliphatic carbocycles. The second-order valence-electron chi connectivity index (χ2n) is 3.56. The van der Waals surface area contributed by atoms with Crippen LogP contribution in [0.15, 0.2) is 29.4 Å². The van der Waals surface area contributed by atoms with E-state index in [1.807, 2.05) is 31.2 Å². The van der Waals surface area contributed by atoms with Crippen LogP contribution < -0.4 is 0 Å². The first-order chi connectivity index (χ1) is 7.72. The van der Waals surface area contributed by atoms with Crippen molar-refractivity contribution < 1.29 is 0 Å². The Kier molecular flexibility index (Phi) is 2.72. The van der Waals surface area contributed by atoms with Gasteiger partial charge in [0.15, 0.2) is 5.82 Å². The fourth-order valence-corrected chi connectivity index (χ4v) is 1.45. The van der Waals surface area contributed by atoms with Crippen LogP contribution >= 0.6 is 0 Å². The maximum Gasteiger partial charge on any atom is 0.212 e. The Balaban J connectivity index is 2.40. The van der Waals surface area contributed by atoms with Crippen LogP contribution in [0.3, 0.4) is 0 Å². The van der Waals surface area contributed by atoms with Crippen molar-refractivity contribution in [2.75, 3.05) is 0 Å². The van der Waals surface area contributed by atoms with Crippen molar-refractivity contribution in [2.24, 2.45) is 5.18 Å². The fourth-order valence-electron chi connectivity index (χ4n) is 1.45. The molecule has 1 aromatic heterocycles. The molecule has 1 unspecified atom stereocenters. The standard InChI is InChI=1S/C10H11N5O/c1-7-3-5-9(6-4-7)10(12-16)15-8(2)11-13-14-15/h3-6,10H,1-2H3. The molecule has 1 heterocycles. The number of hydrogen-bond acceptors (Lipinski definition) is 5. The molecule has 0 N–H and O–H groups in total. The topological polar surface area (TPSA) is 73.0 Å². The maximum absolute atomic E-state index is 10.9. The second-order valence-corrected chi connectivity index (χ2v) is 3.56. The molecule has 2 rings (SSSR count). The smallest absolute Gasteiger partial charge is 0.197 e. The minimum atomic E-state index is -0.699. The summed E-state index contributed by atoms with van der Waals surface area (Å²) >= 11 is 0. The molecule has 82 valence electrons. The van der Waals surface area contributed by atoms with Crippen LogP contribution in [0.25, 0.3) is 0 Å². The molecule has 6 nitrogen and oxygen atoms in total. The molecule has 0 bridgehead atoms. The van der Waals surface area contributed by atoms with Gasteiger partial charge in [0, 0.05) is 5.56 Å². The van der Waals surface area contributed by atoms with Crippen molar-refractivity contribution >= 4 is 0 Å². The third kappa shape index (κ3) is 1.81. The van der Waals surface area contributed by atoms with E-state index >= 15 is 0 Å². The van der Waals surface area contributed by atoms with Crippen LogP contribution in [0.2, 0.25) is 0 Å². The summed E-state index contributed by atoms with van der Waals surface area (Å²) < 4.78 is 1.40. The minimum absolute atomic E-state index is 0.560. The summed E-state index contributed by atoms with van der Waals surface area (Å²) in [6, 6.07) is 7.55. The molecule has 0 spiro atoms. The number of benzene rings is 1. The lowest BCUT2D eigenvalue weighted by atomic mass is 10.1. The first-order valence-corrected chi connectivity index (χ1v) is 4.86. The lowest BCUT2D eigenvalue weighted by Crippen LogP contribution is -2.11. The predicted molar refractivity (Wildman–Crippen MR) is 57.7 cm³/mol. The molecule has 0 amide bonds. The van der Waals surface area contributed by atoms with Crippen LogP contribution in [0.1, 0.15) is 23.1 Å². The van der Waals surface area contributed by atoms with Gasteiger partial charge in [-0.25, -0.2) is 0 Å². The van der Waals surface area contributed by atoms with E-state index in [-0.39, 0.29) is 0 Å². The van der Waals surface area contributed by atoms with Crippen molar-refractivity contribution in [3.63, 3.8) is 0 Å². The molecule has 2 aromatic rings. The SMILES string of the molecule is Cc1ccc(C(N=O)n2nnnc2C)cc1. The molecule has 16 heavy (non-hydrogen) atoms. The van der Waals surface area contributed by atoms with E-state index in [9.17, 15) is 4.91 Å². The van der Waals surface area contributed by atoms with E-state index in [0.29, 0.717) is 5.82 Å².